The van der Waals surface area contributed by atoms with Crippen LogP contribution in [0.4, 0.5) is 0 Å². The highest BCUT2D eigenvalue weighted by Crippen LogP contribution is 2.20. The van der Waals surface area contributed by atoms with E-state index in [1.165, 1.54) is 16.3 Å². The first-order valence-electron chi connectivity index (χ1n) is 8.30. The van der Waals surface area contributed by atoms with Crippen LogP contribution in [0.1, 0.15) is 12.0 Å². The Morgan fingerprint density at radius 2 is 1.58 bits per heavy atom. The molecule has 3 rings (SSSR count). The minimum Gasteiger partial charge on any atom is -0.497 e. The molecule has 0 bridgehead atoms. The number of hydrogen-bond acceptors (Lipinski definition) is 3. The molecule has 3 heteroatoms. The first-order chi connectivity index (χ1) is 11.8. The highest BCUT2D eigenvalue weighted by molar-refractivity contribution is 5.83. The van der Waals surface area contributed by atoms with Gasteiger partial charge in [-0.15, -0.1) is 0 Å². The van der Waals surface area contributed by atoms with Crippen molar-refractivity contribution in [2.24, 2.45) is 0 Å². The molecule has 0 aliphatic carbocycles. The van der Waals surface area contributed by atoms with Crippen molar-refractivity contribution in [2.45, 2.75) is 13.0 Å². The smallest absolute Gasteiger partial charge is 0.119 e. The minimum absolute atomic E-state index is 0.716. The first-order valence-corrected chi connectivity index (χ1v) is 8.30. The summed E-state index contributed by atoms with van der Waals surface area (Å²) in [7, 11) is 1.68. The molecule has 0 heterocycles. The number of nitrogens with one attached hydrogen (secondary N) is 1. The number of ether oxygens (including phenoxy) is 2. The van der Waals surface area contributed by atoms with Gasteiger partial charge in [-0.25, -0.2) is 0 Å². The molecule has 3 nitrogen and oxygen atoms in total. The SMILES string of the molecule is COc1ccc(CNCCCOc2ccc3ccccc3c2)cc1. The third kappa shape index (κ3) is 4.49. The lowest BCUT2D eigenvalue weighted by Gasteiger charge is -2.09. The first kappa shape index (κ1) is 16.3. The summed E-state index contributed by atoms with van der Waals surface area (Å²) < 4.78 is 11.0. The fraction of sp³-hybridized carbons (Fsp3) is 0.238. The van der Waals surface area contributed by atoms with Crippen LogP contribution in [0.5, 0.6) is 11.5 Å². The average Bonchev–Trinajstić information content (AvgIpc) is 2.65. The summed E-state index contributed by atoms with van der Waals surface area (Å²) in [5.41, 5.74) is 1.26. The number of fused-ring (bicyclic) bond motifs is 1. The summed E-state index contributed by atoms with van der Waals surface area (Å²) in [5, 5.41) is 5.89. The maximum absolute atomic E-state index is 5.84. The molecule has 0 atom stereocenters. The summed E-state index contributed by atoms with van der Waals surface area (Å²) in [5.74, 6) is 1.83. The van der Waals surface area contributed by atoms with E-state index in [4.69, 9.17) is 9.47 Å². The number of rotatable bonds is 8. The van der Waals surface area contributed by atoms with Crippen LogP contribution in [0.15, 0.2) is 66.7 Å². The van der Waals surface area contributed by atoms with Crippen LogP contribution >= 0.6 is 0 Å². The Morgan fingerprint density at radius 3 is 2.38 bits per heavy atom. The lowest BCUT2D eigenvalue weighted by atomic mass is 10.1. The predicted molar refractivity (Wildman–Crippen MR) is 98.8 cm³/mol. The Hall–Kier alpha value is -2.52. The quantitative estimate of drug-likeness (QED) is 0.624. The largest absolute Gasteiger partial charge is 0.497 e. The van der Waals surface area contributed by atoms with Crippen LogP contribution in [-0.2, 0) is 6.54 Å². The third-order valence-corrected chi connectivity index (χ3v) is 3.98. The summed E-state index contributed by atoms with van der Waals surface area (Å²) in [6, 6.07) is 22.7. The Kier molecular flexibility index (Phi) is 5.70. The third-order valence-electron chi connectivity index (χ3n) is 3.98. The Balaban J connectivity index is 1.37. The van der Waals surface area contributed by atoms with Gasteiger partial charge in [0.05, 0.1) is 13.7 Å². The second kappa shape index (κ2) is 8.37. The fourth-order valence-corrected chi connectivity index (χ4v) is 2.62. The lowest BCUT2D eigenvalue weighted by molar-refractivity contribution is 0.308. The molecule has 0 aliphatic heterocycles. The highest BCUT2D eigenvalue weighted by atomic mass is 16.5. The van der Waals surface area contributed by atoms with E-state index >= 15 is 0 Å². The molecule has 0 unspecified atom stereocenters. The summed E-state index contributed by atoms with van der Waals surface area (Å²) in [6.07, 6.45) is 0.975. The van der Waals surface area contributed by atoms with Crippen molar-refractivity contribution in [1.82, 2.24) is 5.32 Å². The van der Waals surface area contributed by atoms with Crippen LogP contribution in [0.25, 0.3) is 10.8 Å². The zero-order chi connectivity index (χ0) is 16.6. The van der Waals surface area contributed by atoms with Crippen LogP contribution in [0.2, 0.25) is 0 Å². The molecule has 1 N–H and O–H groups in total. The summed E-state index contributed by atoms with van der Waals surface area (Å²) in [4.78, 5) is 0. The van der Waals surface area contributed by atoms with Crippen molar-refractivity contribution < 1.29 is 9.47 Å². The van der Waals surface area contributed by atoms with E-state index in [1.54, 1.807) is 7.11 Å². The standard InChI is InChI=1S/C21H23NO2/c1-23-20-10-7-17(8-11-20)16-22-13-4-14-24-21-12-9-18-5-2-3-6-19(18)15-21/h2-3,5-12,15,22H,4,13-14,16H2,1H3. The second-order valence-electron chi connectivity index (χ2n) is 5.74. The zero-order valence-electron chi connectivity index (χ0n) is 14.0. The van der Waals surface area contributed by atoms with E-state index in [-0.39, 0.29) is 0 Å². The van der Waals surface area contributed by atoms with Crippen molar-refractivity contribution in [3.8, 4) is 11.5 Å². The molecule has 0 amide bonds. The van der Waals surface area contributed by atoms with Gasteiger partial charge in [0, 0.05) is 6.54 Å². The van der Waals surface area contributed by atoms with Crippen LogP contribution in [0, 0.1) is 0 Å². The molecule has 0 saturated carbocycles. The summed E-state index contributed by atoms with van der Waals surface area (Å²) >= 11 is 0. The maximum atomic E-state index is 5.84. The topological polar surface area (TPSA) is 30.5 Å². The van der Waals surface area contributed by atoms with Gasteiger partial charge in [-0.2, -0.15) is 0 Å². The van der Waals surface area contributed by atoms with Crippen molar-refractivity contribution in [2.75, 3.05) is 20.3 Å². The second-order valence-corrected chi connectivity index (χ2v) is 5.74. The molecule has 3 aromatic carbocycles. The molecular formula is C21H23NO2. The Labute approximate surface area is 143 Å². The lowest BCUT2D eigenvalue weighted by Crippen LogP contribution is -2.17. The molecule has 24 heavy (non-hydrogen) atoms. The maximum Gasteiger partial charge on any atom is 0.119 e. The van der Waals surface area contributed by atoms with Crippen LogP contribution in [-0.4, -0.2) is 20.3 Å². The minimum atomic E-state index is 0.716. The molecular weight excluding hydrogens is 298 g/mol. The number of benzene rings is 3. The zero-order valence-corrected chi connectivity index (χ0v) is 14.0. The van der Waals surface area contributed by atoms with Gasteiger partial charge in [0.2, 0.25) is 0 Å². The van der Waals surface area contributed by atoms with Crippen molar-refractivity contribution >= 4 is 10.8 Å². The normalized spacial score (nSPS) is 10.7. The van der Waals surface area contributed by atoms with Crippen molar-refractivity contribution in [1.29, 1.82) is 0 Å². The predicted octanol–water partition coefficient (Wildman–Crippen LogP) is 4.41. The molecule has 0 fully saturated rings. The molecule has 0 radical (unpaired) electrons. The summed E-state index contributed by atoms with van der Waals surface area (Å²) in [6.45, 7) is 2.51. The van der Waals surface area contributed by atoms with Crippen molar-refractivity contribution in [3.63, 3.8) is 0 Å². The molecule has 0 aromatic heterocycles. The van der Waals surface area contributed by atoms with Gasteiger partial charge in [-0.3, -0.25) is 0 Å². The monoisotopic (exact) mass is 321 g/mol. The van der Waals surface area contributed by atoms with Gasteiger partial charge in [0.25, 0.3) is 0 Å². The number of hydrogen-bond donors (Lipinski definition) is 1. The van der Waals surface area contributed by atoms with E-state index in [1.807, 2.05) is 18.2 Å². The van der Waals surface area contributed by atoms with Gasteiger partial charge in [0.15, 0.2) is 0 Å². The van der Waals surface area contributed by atoms with E-state index in [2.05, 4.69) is 53.8 Å². The van der Waals surface area contributed by atoms with Crippen LogP contribution < -0.4 is 14.8 Å². The van der Waals surface area contributed by atoms with Crippen molar-refractivity contribution in [3.05, 3.63) is 72.3 Å². The molecule has 0 saturated heterocycles. The highest BCUT2D eigenvalue weighted by Gasteiger charge is 1.98. The fourth-order valence-electron chi connectivity index (χ4n) is 2.62. The Bertz CT molecular complexity index is 768. The number of methoxy groups -OCH3 is 1. The van der Waals surface area contributed by atoms with Gasteiger partial charge < -0.3 is 14.8 Å². The molecule has 124 valence electrons. The van der Waals surface area contributed by atoms with Gasteiger partial charge >= 0.3 is 0 Å². The average molecular weight is 321 g/mol. The molecule has 0 aliphatic rings. The molecule has 0 spiro atoms. The van der Waals surface area contributed by atoms with E-state index in [9.17, 15) is 0 Å². The van der Waals surface area contributed by atoms with Gasteiger partial charge in [0.1, 0.15) is 11.5 Å². The van der Waals surface area contributed by atoms with Gasteiger partial charge in [-0.1, -0.05) is 42.5 Å². The van der Waals surface area contributed by atoms with Gasteiger partial charge in [-0.05, 0) is 53.6 Å². The van der Waals surface area contributed by atoms with E-state index in [0.29, 0.717) is 6.61 Å². The molecule has 3 aromatic rings. The van der Waals surface area contributed by atoms with E-state index in [0.717, 1.165) is 31.0 Å². The Morgan fingerprint density at radius 1 is 0.833 bits per heavy atom. The van der Waals surface area contributed by atoms with Crippen LogP contribution in [0.3, 0.4) is 0 Å². The van der Waals surface area contributed by atoms with E-state index < -0.39 is 0 Å².